The minimum atomic E-state index is 0.476. The summed E-state index contributed by atoms with van der Waals surface area (Å²) in [4.78, 5) is 11.3. The van der Waals surface area contributed by atoms with Gasteiger partial charge in [-0.2, -0.15) is 5.26 Å². The molecule has 1 aromatic heterocycles. The molecule has 18 heavy (non-hydrogen) atoms. The first-order valence-corrected chi connectivity index (χ1v) is 5.62. The summed E-state index contributed by atoms with van der Waals surface area (Å²) in [5.41, 5.74) is 2.82. The fourth-order valence-electron chi connectivity index (χ4n) is 1.45. The maximum atomic E-state index is 8.36. The highest BCUT2D eigenvalue weighted by molar-refractivity contribution is 5.65. The van der Waals surface area contributed by atoms with E-state index in [0.29, 0.717) is 13.0 Å². The zero-order valence-corrected chi connectivity index (χ0v) is 9.80. The Morgan fingerprint density at radius 3 is 2.89 bits per heavy atom. The molecule has 90 valence electrons. The number of aliphatic imine (C=N–C) groups is 1. The van der Waals surface area contributed by atoms with Crippen LogP contribution in [0.1, 0.15) is 6.42 Å². The van der Waals surface area contributed by atoms with Crippen LogP contribution in [-0.2, 0) is 0 Å². The number of nitriles is 1. The van der Waals surface area contributed by atoms with Gasteiger partial charge in [0.05, 0.1) is 36.5 Å². The van der Waals surface area contributed by atoms with Crippen LogP contribution in [0.3, 0.4) is 0 Å². The number of hydrogen-bond acceptors (Lipinski definition) is 3. The van der Waals surface area contributed by atoms with Crippen molar-refractivity contribution in [3.8, 4) is 17.3 Å². The molecule has 0 saturated carbocycles. The largest absolute Gasteiger partial charge is 0.375 e. The molecule has 0 aliphatic heterocycles. The summed E-state index contributed by atoms with van der Waals surface area (Å²) in [6, 6.07) is 9.84. The van der Waals surface area contributed by atoms with Gasteiger partial charge >= 0.3 is 0 Å². The van der Waals surface area contributed by atoms with Crippen molar-refractivity contribution in [3.63, 3.8) is 0 Å². The normalized spacial score (nSPS) is 10.4. The van der Waals surface area contributed by atoms with E-state index in [1.807, 2.05) is 30.5 Å². The van der Waals surface area contributed by atoms with Gasteiger partial charge in [-0.15, -0.1) is 0 Å². The van der Waals surface area contributed by atoms with Crippen LogP contribution in [0.15, 0.2) is 41.8 Å². The maximum Gasteiger partial charge on any atom is 0.0927 e. The molecule has 1 heterocycles. The quantitative estimate of drug-likeness (QED) is 0.477. The van der Waals surface area contributed by atoms with E-state index in [1.165, 1.54) is 0 Å². The van der Waals surface area contributed by atoms with Crippen molar-refractivity contribution >= 4 is 12.0 Å². The topological polar surface area (TPSA) is 76.9 Å². The number of aromatic nitrogens is 2. The van der Waals surface area contributed by atoms with Gasteiger partial charge in [-0.1, -0.05) is 12.1 Å². The molecule has 2 rings (SSSR count). The second-order valence-corrected chi connectivity index (χ2v) is 3.62. The van der Waals surface area contributed by atoms with E-state index in [1.54, 1.807) is 12.7 Å². The predicted octanol–water partition coefficient (Wildman–Crippen LogP) is 2.24. The number of aromatic amines is 1. The zero-order chi connectivity index (χ0) is 12.6. The van der Waals surface area contributed by atoms with Gasteiger partial charge in [-0.25, -0.2) is 9.98 Å². The first-order valence-electron chi connectivity index (χ1n) is 5.62. The Bertz CT molecular complexity index is 534. The molecule has 0 saturated heterocycles. The van der Waals surface area contributed by atoms with E-state index >= 15 is 0 Å². The molecule has 0 amide bonds. The Balaban J connectivity index is 1.94. The summed E-state index contributed by atoms with van der Waals surface area (Å²) < 4.78 is 0. The van der Waals surface area contributed by atoms with E-state index < -0.39 is 0 Å². The van der Waals surface area contributed by atoms with E-state index in [9.17, 15) is 0 Å². The van der Waals surface area contributed by atoms with Crippen molar-refractivity contribution in [1.29, 1.82) is 5.26 Å². The van der Waals surface area contributed by atoms with Crippen LogP contribution in [0.4, 0.5) is 5.69 Å². The number of imidazole rings is 1. The molecule has 0 radical (unpaired) electrons. The first-order chi connectivity index (χ1) is 8.90. The second-order valence-electron chi connectivity index (χ2n) is 3.62. The molecule has 0 unspecified atom stereocenters. The predicted molar refractivity (Wildman–Crippen MR) is 70.4 cm³/mol. The summed E-state index contributed by atoms with van der Waals surface area (Å²) in [7, 11) is 0. The fourth-order valence-corrected chi connectivity index (χ4v) is 1.45. The summed E-state index contributed by atoms with van der Waals surface area (Å²) in [6.45, 7) is 0.616. The lowest BCUT2D eigenvalue weighted by Crippen LogP contribution is -2.11. The van der Waals surface area contributed by atoms with Gasteiger partial charge in [-0.05, 0) is 12.1 Å². The average Bonchev–Trinajstić information content (AvgIpc) is 2.93. The monoisotopic (exact) mass is 239 g/mol. The van der Waals surface area contributed by atoms with Gasteiger partial charge in [0, 0.05) is 18.3 Å². The standard InChI is InChI=1S/C13H13N5/c14-6-1-7-15-9-17-12-4-2-11(3-5-12)13-8-16-10-18-13/h2-5,8-10H,1,7H2,(H,15,17)(H,16,18). The zero-order valence-electron chi connectivity index (χ0n) is 9.80. The van der Waals surface area contributed by atoms with Crippen LogP contribution in [0, 0.1) is 11.3 Å². The van der Waals surface area contributed by atoms with Crippen LogP contribution < -0.4 is 5.32 Å². The Hall–Kier alpha value is -2.61. The Labute approximate surface area is 105 Å². The van der Waals surface area contributed by atoms with E-state index in [2.05, 4.69) is 26.3 Å². The molecule has 0 fully saturated rings. The highest BCUT2D eigenvalue weighted by atomic mass is 14.9. The molecule has 0 aliphatic carbocycles. The van der Waals surface area contributed by atoms with Crippen molar-refractivity contribution in [3.05, 3.63) is 36.8 Å². The van der Waals surface area contributed by atoms with Crippen molar-refractivity contribution in [1.82, 2.24) is 15.3 Å². The first kappa shape index (κ1) is 11.9. The molecule has 0 aliphatic rings. The minimum Gasteiger partial charge on any atom is -0.375 e. The number of nitrogens with zero attached hydrogens (tertiary/aromatic N) is 3. The molecule has 0 bridgehead atoms. The van der Waals surface area contributed by atoms with E-state index in [0.717, 1.165) is 16.9 Å². The van der Waals surface area contributed by atoms with E-state index in [4.69, 9.17) is 5.26 Å². The highest BCUT2D eigenvalue weighted by Crippen LogP contribution is 2.19. The lowest BCUT2D eigenvalue weighted by Gasteiger charge is -1.98. The molecule has 0 atom stereocenters. The van der Waals surface area contributed by atoms with Gasteiger partial charge < -0.3 is 10.3 Å². The summed E-state index contributed by atoms with van der Waals surface area (Å²) in [5, 5.41) is 11.3. The van der Waals surface area contributed by atoms with Crippen molar-refractivity contribution < 1.29 is 0 Å². The van der Waals surface area contributed by atoms with Gasteiger partial charge in [-0.3, -0.25) is 0 Å². The SMILES string of the molecule is N#CCCN/C=N/c1ccc(-c2c[nH]cn2)cc1. The van der Waals surface area contributed by atoms with Crippen LogP contribution in [0.2, 0.25) is 0 Å². The maximum absolute atomic E-state index is 8.36. The van der Waals surface area contributed by atoms with Gasteiger partial charge in [0.15, 0.2) is 0 Å². The van der Waals surface area contributed by atoms with Crippen LogP contribution in [-0.4, -0.2) is 22.9 Å². The molecule has 1 aromatic carbocycles. The van der Waals surface area contributed by atoms with Crippen molar-refractivity contribution in [2.45, 2.75) is 6.42 Å². The molecule has 2 N–H and O–H groups in total. The van der Waals surface area contributed by atoms with Gasteiger partial charge in [0.1, 0.15) is 0 Å². The lowest BCUT2D eigenvalue weighted by molar-refractivity contribution is 0.911. The Morgan fingerprint density at radius 2 is 2.22 bits per heavy atom. The average molecular weight is 239 g/mol. The number of rotatable bonds is 5. The third-order valence-electron chi connectivity index (χ3n) is 2.35. The Kier molecular flexibility index (Phi) is 4.09. The fraction of sp³-hybridized carbons (Fsp3) is 0.154. The van der Waals surface area contributed by atoms with Crippen LogP contribution >= 0.6 is 0 Å². The third kappa shape index (κ3) is 3.19. The molecule has 2 aromatic rings. The smallest absolute Gasteiger partial charge is 0.0927 e. The van der Waals surface area contributed by atoms with Crippen LogP contribution in [0.5, 0.6) is 0 Å². The summed E-state index contributed by atoms with van der Waals surface area (Å²) in [5.74, 6) is 0. The summed E-state index contributed by atoms with van der Waals surface area (Å²) >= 11 is 0. The Morgan fingerprint density at radius 1 is 1.39 bits per heavy atom. The molecule has 0 spiro atoms. The number of hydrogen-bond donors (Lipinski definition) is 2. The lowest BCUT2D eigenvalue weighted by atomic mass is 10.1. The molecule has 5 heteroatoms. The van der Waals surface area contributed by atoms with Gasteiger partial charge in [0.2, 0.25) is 0 Å². The number of benzene rings is 1. The van der Waals surface area contributed by atoms with Crippen molar-refractivity contribution in [2.75, 3.05) is 6.54 Å². The third-order valence-corrected chi connectivity index (χ3v) is 2.35. The summed E-state index contributed by atoms with van der Waals surface area (Å²) in [6.07, 6.45) is 5.59. The van der Waals surface area contributed by atoms with Gasteiger partial charge in [0.25, 0.3) is 0 Å². The number of H-pyrrole nitrogens is 1. The van der Waals surface area contributed by atoms with E-state index in [-0.39, 0.29) is 0 Å². The molecule has 5 nitrogen and oxygen atoms in total. The van der Waals surface area contributed by atoms with Crippen molar-refractivity contribution in [2.24, 2.45) is 4.99 Å². The van der Waals surface area contributed by atoms with Crippen LogP contribution in [0.25, 0.3) is 11.3 Å². The molecular weight excluding hydrogens is 226 g/mol. The second kappa shape index (κ2) is 6.21. The minimum absolute atomic E-state index is 0.476. The molecular formula is C13H13N5. The number of nitrogens with one attached hydrogen (secondary N) is 2. The highest BCUT2D eigenvalue weighted by Gasteiger charge is 1.98.